The number of nitrogens with one attached hydrogen (secondary N) is 2. The lowest BCUT2D eigenvalue weighted by Gasteiger charge is -2.18. The molecule has 0 fully saturated rings. The van der Waals surface area contributed by atoms with Gasteiger partial charge in [-0.25, -0.2) is 0 Å². The molecule has 0 saturated carbocycles. The summed E-state index contributed by atoms with van der Waals surface area (Å²) in [6.07, 6.45) is 2.19. The highest BCUT2D eigenvalue weighted by Gasteiger charge is 2.08. The van der Waals surface area contributed by atoms with Crippen LogP contribution in [0.4, 0.5) is 5.69 Å². The van der Waals surface area contributed by atoms with E-state index in [1.165, 1.54) is 16.0 Å². The van der Waals surface area contributed by atoms with Crippen molar-refractivity contribution in [2.45, 2.75) is 30.4 Å². The van der Waals surface area contributed by atoms with Gasteiger partial charge in [-0.15, -0.1) is 11.8 Å². The summed E-state index contributed by atoms with van der Waals surface area (Å²) in [6.45, 7) is 3.11. The van der Waals surface area contributed by atoms with E-state index in [0.717, 1.165) is 30.8 Å². The highest BCUT2D eigenvalue weighted by atomic mass is 32.2. The van der Waals surface area contributed by atoms with Crippen molar-refractivity contribution in [1.29, 1.82) is 0 Å². The van der Waals surface area contributed by atoms with Crippen LogP contribution in [0.5, 0.6) is 0 Å². The van der Waals surface area contributed by atoms with E-state index in [4.69, 9.17) is 12.2 Å². The highest BCUT2D eigenvalue weighted by Crippen LogP contribution is 2.23. The van der Waals surface area contributed by atoms with Gasteiger partial charge in [-0.05, 0) is 59.9 Å². The Kier molecular flexibility index (Phi) is 8.59. The predicted octanol–water partition coefficient (Wildman–Crippen LogP) is 6.53. The van der Waals surface area contributed by atoms with Crippen LogP contribution in [0.2, 0.25) is 0 Å². The Labute approximate surface area is 184 Å². The third-order valence-electron chi connectivity index (χ3n) is 4.86. The number of thioether (sulfide) groups is 1. The van der Waals surface area contributed by atoms with Crippen molar-refractivity contribution in [3.63, 3.8) is 0 Å². The third kappa shape index (κ3) is 7.56. The summed E-state index contributed by atoms with van der Waals surface area (Å²) in [7, 11) is 0. The van der Waals surface area contributed by atoms with Gasteiger partial charge in [-0.2, -0.15) is 0 Å². The molecule has 2 nitrogen and oxygen atoms in total. The summed E-state index contributed by atoms with van der Waals surface area (Å²) in [5, 5.41) is 7.36. The summed E-state index contributed by atoms with van der Waals surface area (Å²) >= 11 is 7.34. The maximum absolute atomic E-state index is 5.49. The molecule has 3 rings (SSSR count). The number of rotatable bonds is 9. The Bertz CT molecular complexity index is 864. The molecule has 0 aliphatic rings. The van der Waals surface area contributed by atoms with Crippen LogP contribution in [0.15, 0.2) is 89.8 Å². The van der Waals surface area contributed by atoms with Gasteiger partial charge in [0, 0.05) is 22.9 Å². The van der Waals surface area contributed by atoms with Gasteiger partial charge in [0.2, 0.25) is 0 Å². The molecule has 150 valence electrons. The van der Waals surface area contributed by atoms with Crippen molar-refractivity contribution >= 4 is 34.8 Å². The van der Waals surface area contributed by atoms with Crippen molar-refractivity contribution in [3.05, 3.63) is 96.1 Å². The molecule has 4 heteroatoms. The maximum atomic E-state index is 5.49. The molecule has 0 saturated heterocycles. The summed E-state index contributed by atoms with van der Waals surface area (Å²) in [5.74, 6) is 1.53. The van der Waals surface area contributed by atoms with Gasteiger partial charge in [0.15, 0.2) is 5.11 Å². The van der Waals surface area contributed by atoms with Gasteiger partial charge in [-0.3, -0.25) is 0 Å². The van der Waals surface area contributed by atoms with E-state index in [-0.39, 0.29) is 0 Å². The molecule has 0 heterocycles. The van der Waals surface area contributed by atoms with E-state index in [1.807, 2.05) is 17.8 Å². The van der Waals surface area contributed by atoms with Crippen LogP contribution in [0, 0.1) is 5.92 Å². The lowest BCUT2D eigenvalue weighted by atomic mass is 9.97. The van der Waals surface area contributed by atoms with Gasteiger partial charge in [-0.1, -0.05) is 74.0 Å². The van der Waals surface area contributed by atoms with Gasteiger partial charge >= 0.3 is 0 Å². The zero-order chi connectivity index (χ0) is 20.3. The van der Waals surface area contributed by atoms with Crippen molar-refractivity contribution in [3.8, 4) is 0 Å². The van der Waals surface area contributed by atoms with E-state index in [0.29, 0.717) is 11.0 Å². The lowest BCUT2D eigenvalue weighted by molar-refractivity contribution is 0.498. The van der Waals surface area contributed by atoms with Gasteiger partial charge in [0.1, 0.15) is 0 Å². The molecular weight excluding hydrogens is 392 g/mol. The van der Waals surface area contributed by atoms with Crippen LogP contribution in [-0.2, 0) is 12.2 Å². The average Bonchev–Trinajstić information content (AvgIpc) is 2.77. The van der Waals surface area contributed by atoms with Crippen molar-refractivity contribution < 1.29 is 0 Å². The highest BCUT2D eigenvalue weighted by molar-refractivity contribution is 7.98. The second kappa shape index (κ2) is 11.6. The van der Waals surface area contributed by atoms with E-state index < -0.39 is 0 Å². The van der Waals surface area contributed by atoms with Gasteiger partial charge < -0.3 is 10.6 Å². The summed E-state index contributed by atoms with van der Waals surface area (Å²) in [6, 6.07) is 29.6. The van der Waals surface area contributed by atoms with Crippen LogP contribution < -0.4 is 10.6 Å². The Hall–Kier alpha value is -2.30. The first-order valence-electron chi connectivity index (χ1n) is 10.1. The summed E-state index contributed by atoms with van der Waals surface area (Å²) in [5.41, 5.74) is 3.70. The van der Waals surface area contributed by atoms with E-state index in [2.05, 4.69) is 96.4 Å². The molecule has 0 aliphatic heterocycles. The first-order chi connectivity index (χ1) is 14.2. The molecule has 29 heavy (non-hydrogen) atoms. The number of hydrogen-bond donors (Lipinski definition) is 2. The smallest absolute Gasteiger partial charge is 0.170 e. The second-order valence-electron chi connectivity index (χ2n) is 7.10. The number of thiocarbonyl (C=S) groups is 1. The fourth-order valence-corrected chi connectivity index (χ4v) is 4.16. The minimum absolute atomic E-state index is 0.564. The molecule has 2 N–H and O–H groups in total. The van der Waals surface area contributed by atoms with Crippen molar-refractivity contribution in [2.75, 3.05) is 11.9 Å². The van der Waals surface area contributed by atoms with Crippen LogP contribution >= 0.6 is 24.0 Å². The van der Waals surface area contributed by atoms with E-state index in [9.17, 15) is 0 Å². The molecule has 0 unspecified atom stereocenters. The van der Waals surface area contributed by atoms with Gasteiger partial charge in [0.05, 0.1) is 0 Å². The lowest BCUT2D eigenvalue weighted by Crippen LogP contribution is -2.33. The summed E-state index contributed by atoms with van der Waals surface area (Å²) < 4.78 is 0. The predicted molar refractivity (Wildman–Crippen MR) is 131 cm³/mol. The molecule has 1 atom stereocenters. The quantitative estimate of drug-likeness (QED) is 0.303. The summed E-state index contributed by atoms with van der Waals surface area (Å²) in [4.78, 5) is 1.29. The van der Waals surface area contributed by atoms with E-state index >= 15 is 0 Å². The largest absolute Gasteiger partial charge is 0.362 e. The minimum Gasteiger partial charge on any atom is -0.362 e. The molecule has 3 aromatic rings. The number of benzene rings is 3. The molecular formula is C25H28N2S2. The molecule has 0 bridgehead atoms. The second-order valence-corrected chi connectivity index (χ2v) is 8.55. The molecule has 3 aromatic carbocycles. The number of hydrogen-bond acceptors (Lipinski definition) is 2. The fourth-order valence-electron chi connectivity index (χ4n) is 3.09. The van der Waals surface area contributed by atoms with E-state index in [1.54, 1.807) is 0 Å². The Morgan fingerprint density at radius 3 is 2.17 bits per heavy atom. The Morgan fingerprint density at radius 2 is 1.52 bits per heavy atom. The molecule has 0 aromatic heterocycles. The zero-order valence-electron chi connectivity index (χ0n) is 16.8. The van der Waals surface area contributed by atoms with Crippen molar-refractivity contribution in [2.24, 2.45) is 5.92 Å². The number of anilines is 1. The molecule has 0 amide bonds. The third-order valence-corrected chi connectivity index (χ3v) is 6.19. The fraction of sp³-hybridized carbons (Fsp3) is 0.240. The average molecular weight is 421 g/mol. The van der Waals surface area contributed by atoms with Crippen molar-refractivity contribution in [1.82, 2.24) is 5.32 Å². The maximum Gasteiger partial charge on any atom is 0.170 e. The van der Waals surface area contributed by atoms with Crippen LogP contribution in [0.1, 0.15) is 24.5 Å². The first kappa shape index (κ1) is 21.4. The standard InChI is InChI=1S/C25H28N2S2/c1-2-20(17-21-9-5-3-6-10-21)18-26-25(28)27-23-15-13-22(14-16-23)19-29-24-11-7-4-8-12-24/h3-16,20H,2,17-19H2,1H3,(H2,26,27,28)/t20-/m1/s1. The normalized spacial score (nSPS) is 11.6. The van der Waals surface area contributed by atoms with Crippen LogP contribution in [0.3, 0.4) is 0 Å². The van der Waals surface area contributed by atoms with Gasteiger partial charge in [0.25, 0.3) is 0 Å². The first-order valence-corrected chi connectivity index (χ1v) is 11.5. The monoisotopic (exact) mass is 420 g/mol. The minimum atomic E-state index is 0.564. The molecule has 0 spiro atoms. The Morgan fingerprint density at radius 1 is 0.862 bits per heavy atom. The topological polar surface area (TPSA) is 24.1 Å². The Balaban J connectivity index is 1.42. The SMILES string of the molecule is CC[C@@H](CNC(=S)Nc1ccc(CSc2ccccc2)cc1)Cc1ccccc1. The van der Waals surface area contributed by atoms with Crippen LogP contribution in [-0.4, -0.2) is 11.7 Å². The molecule has 0 radical (unpaired) electrons. The van der Waals surface area contributed by atoms with Crippen LogP contribution in [0.25, 0.3) is 0 Å². The molecule has 0 aliphatic carbocycles. The zero-order valence-corrected chi connectivity index (χ0v) is 18.4.